The zero-order valence-electron chi connectivity index (χ0n) is 17.6. The average Bonchev–Trinajstić information content (AvgIpc) is 3.18. The van der Waals surface area contributed by atoms with E-state index in [1.807, 2.05) is 79.2 Å². The fraction of sp³-hybridized carbons (Fsp3) is 0.208. The largest absolute Gasteiger partial charge is 0.326 e. The lowest BCUT2D eigenvalue weighted by Crippen LogP contribution is -2.14. The van der Waals surface area contributed by atoms with Gasteiger partial charge in [-0.2, -0.15) is 5.10 Å². The van der Waals surface area contributed by atoms with E-state index in [2.05, 4.69) is 5.32 Å². The molecule has 31 heavy (non-hydrogen) atoms. The second-order valence-corrected chi connectivity index (χ2v) is 8.66. The number of thioether (sulfide) groups is 1. The first kappa shape index (κ1) is 21.4. The van der Waals surface area contributed by atoms with Crippen LogP contribution in [0.15, 0.2) is 59.5 Å². The molecule has 2 aromatic carbocycles. The normalized spacial score (nSPS) is 11.1. The van der Waals surface area contributed by atoms with Gasteiger partial charge in [-0.15, -0.1) is 11.8 Å². The minimum absolute atomic E-state index is 0.0144. The molecule has 0 fully saturated rings. The second-order valence-electron chi connectivity index (χ2n) is 7.35. The zero-order chi connectivity index (χ0) is 22.0. The Morgan fingerprint density at radius 2 is 1.90 bits per heavy atom. The summed E-state index contributed by atoms with van der Waals surface area (Å²) in [5.41, 5.74) is 6.41. The van der Waals surface area contributed by atoms with E-state index in [0.29, 0.717) is 17.9 Å². The lowest BCUT2D eigenvalue weighted by Gasteiger charge is -2.11. The van der Waals surface area contributed by atoms with Crippen molar-refractivity contribution in [1.29, 1.82) is 0 Å². The Balaban J connectivity index is 1.53. The molecule has 0 spiro atoms. The summed E-state index contributed by atoms with van der Waals surface area (Å²) in [6, 6.07) is 17.4. The molecule has 0 saturated heterocycles. The third kappa shape index (κ3) is 4.75. The number of aryl methyl sites for hydroxylation is 2. The number of fused-ring (bicyclic) bond motifs is 1. The van der Waals surface area contributed by atoms with Crippen LogP contribution in [0.4, 0.5) is 5.69 Å². The lowest BCUT2D eigenvalue weighted by molar-refractivity contribution is -0.116. The maximum Gasteiger partial charge on any atom is 0.224 e. The van der Waals surface area contributed by atoms with Gasteiger partial charge in [0.2, 0.25) is 5.91 Å². The van der Waals surface area contributed by atoms with Gasteiger partial charge in [0, 0.05) is 45.0 Å². The first-order chi connectivity index (χ1) is 14.9. The molecule has 0 aliphatic rings. The minimum atomic E-state index is -0.0144. The van der Waals surface area contributed by atoms with Crippen LogP contribution in [0.3, 0.4) is 0 Å². The number of carbonyl (C=O) groups excluding carboxylic acids is 1. The van der Waals surface area contributed by atoms with Crippen LogP contribution in [-0.4, -0.2) is 26.8 Å². The highest BCUT2D eigenvalue weighted by Gasteiger charge is 2.14. The van der Waals surface area contributed by atoms with Gasteiger partial charge >= 0.3 is 0 Å². The maximum absolute atomic E-state index is 12.5. The molecule has 2 aromatic heterocycles. The highest BCUT2D eigenvalue weighted by Crippen LogP contribution is 2.24. The fourth-order valence-corrected chi connectivity index (χ4v) is 4.20. The number of nitrogens with one attached hydrogen (secondary N) is 1. The number of halogens is 1. The van der Waals surface area contributed by atoms with Crippen molar-refractivity contribution in [3.63, 3.8) is 0 Å². The summed E-state index contributed by atoms with van der Waals surface area (Å²) in [6.45, 7) is 4.01. The van der Waals surface area contributed by atoms with Gasteiger partial charge in [-0.3, -0.25) is 4.79 Å². The zero-order valence-corrected chi connectivity index (χ0v) is 19.2. The van der Waals surface area contributed by atoms with Gasteiger partial charge in [-0.05, 0) is 62.4 Å². The van der Waals surface area contributed by atoms with E-state index >= 15 is 0 Å². The van der Waals surface area contributed by atoms with Crippen molar-refractivity contribution in [2.75, 3.05) is 11.6 Å². The minimum Gasteiger partial charge on any atom is -0.326 e. The van der Waals surface area contributed by atoms with Crippen LogP contribution in [0.5, 0.6) is 0 Å². The van der Waals surface area contributed by atoms with Crippen molar-refractivity contribution in [3.8, 4) is 11.3 Å². The molecule has 0 bridgehead atoms. The molecule has 0 radical (unpaired) electrons. The van der Waals surface area contributed by atoms with Crippen molar-refractivity contribution in [2.45, 2.75) is 31.6 Å². The Bertz CT molecular complexity index is 1250. The summed E-state index contributed by atoms with van der Waals surface area (Å²) in [6.07, 6.45) is 3.00. The molecular weight excluding hydrogens is 428 g/mol. The average molecular weight is 451 g/mol. The van der Waals surface area contributed by atoms with E-state index < -0.39 is 0 Å². The molecule has 0 atom stereocenters. The van der Waals surface area contributed by atoms with Crippen LogP contribution < -0.4 is 5.32 Å². The van der Waals surface area contributed by atoms with Gasteiger partial charge in [0.25, 0.3) is 0 Å². The number of anilines is 1. The third-order valence-electron chi connectivity index (χ3n) is 5.26. The van der Waals surface area contributed by atoms with Crippen molar-refractivity contribution in [1.82, 2.24) is 14.6 Å². The van der Waals surface area contributed by atoms with Gasteiger partial charge < -0.3 is 5.32 Å². The molecule has 4 aromatic rings. The summed E-state index contributed by atoms with van der Waals surface area (Å²) in [5, 5.41) is 8.42. The Hall–Kier alpha value is -2.83. The van der Waals surface area contributed by atoms with E-state index in [0.717, 1.165) is 44.4 Å². The highest BCUT2D eigenvalue weighted by molar-refractivity contribution is 7.98. The quantitative estimate of drug-likeness (QED) is 0.368. The Labute approximate surface area is 190 Å². The van der Waals surface area contributed by atoms with E-state index in [-0.39, 0.29) is 5.91 Å². The van der Waals surface area contributed by atoms with Gasteiger partial charge in [-0.25, -0.2) is 9.50 Å². The number of aromatic nitrogens is 3. The third-order valence-corrected chi connectivity index (χ3v) is 6.24. The molecular formula is C24H23ClN4OS. The SMILES string of the molecule is CSc1cccc(NC(=O)CCc2c(C)nc3cc(-c4ccc(Cl)cc4)nn3c2C)c1. The van der Waals surface area contributed by atoms with Crippen molar-refractivity contribution < 1.29 is 4.79 Å². The first-order valence-corrected chi connectivity index (χ1v) is 11.6. The van der Waals surface area contributed by atoms with Gasteiger partial charge in [0.15, 0.2) is 5.65 Å². The van der Waals surface area contributed by atoms with Gasteiger partial charge in [-0.1, -0.05) is 29.8 Å². The lowest BCUT2D eigenvalue weighted by atomic mass is 10.1. The number of rotatable bonds is 6. The maximum atomic E-state index is 12.5. The Morgan fingerprint density at radius 1 is 1.13 bits per heavy atom. The molecule has 5 nitrogen and oxygen atoms in total. The monoisotopic (exact) mass is 450 g/mol. The summed E-state index contributed by atoms with van der Waals surface area (Å²) in [4.78, 5) is 18.4. The molecule has 4 rings (SSSR count). The molecule has 0 aliphatic heterocycles. The molecule has 7 heteroatoms. The number of hydrogen-bond donors (Lipinski definition) is 1. The van der Waals surface area contributed by atoms with E-state index in [1.54, 1.807) is 11.8 Å². The molecule has 0 unspecified atom stereocenters. The topological polar surface area (TPSA) is 59.3 Å². The standard InChI is InChI=1S/C24H23ClN4OS/c1-15-21(11-12-24(30)27-19-5-4-6-20(13-19)31-3)16(2)29-23(26-15)14-22(28-29)17-7-9-18(25)10-8-17/h4-10,13-14H,11-12H2,1-3H3,(H,27,30). The molecule has 2 heterocycles. The van der Waals surface area contributed by atoms with E-state index in [9.17, 15) is 4.79 Å². The second kappa shape index (κ2) is 9.12. The summed E-state index contributed by atoms with van der Waals surface area (Å²) < 4.78 is 1.85. The van der Waals surface area contributed by atoms with Crippen LogP contribution in [0, 0.1) is 13.8 Å². The molecule has 158 valence electrons. The van der Waals surface area contributed by atoms with Crippen molar-refractivity contribution in [3.05, 3.63) is 76.6 Å². The Morgan fingerprint density at radius 3 is 2.65 bits per heavy atom. The van der Waals surface area contributed by atoms with Crippen LogP contribution in [0.2, 0.25) is 5.02 Å². The molecule has 1 N–H and O–H groups in total. The summed E-state index contributed by atoms with van der Waals surface area (Å²) in [5.74, 6) is -0.0144. The number of carbonyl (C=O) groups is 1. The molecule has 0 aliphatic carbocycles. The number of amides is 1. The molecule has 0 saturated carbocycles. The Kier molecular flexibility index (Phi) is 6.30. The van der Waals surface area contributed by atoms with Crippen LogP contribution >= 0.6 is 23.4 Å². The molecule has 1 amide bonds. The van der Waals surface area contributed by atoms with E-state index in [1.165, 1.54) is 0 Å². The predicted octanol–water partition coefficient (Wildman–Crippen LogP) is 5.96. The fourth-order valence-electron chi connectivity index (χ4n) is 3.61. The van der Waals surface area contributed by atoms with Gasteiger partial charge in [0.05, 0.1) is 5.69 Å². The number of hydrogen-bond acceptors (Lipinski definition) is 4. The van der Waals surface area contributed by atoms with Crippen LogP contribution in [0.1, 0.15) is 23.4 Å². The van der Waals surface area contributed by atoms with Crippen molar-refractivity contribution >= 4 is 40.6 Å². The summed E-state index contributed by atoms with van der Waals surface area (Å²) >= 11 is 7.65. The highest BCUT2D eigenvalue weighted by atomic mass is 35.5. The van der Waals surface area contributed by atoms with Crippen LogP contribution in [0.25, 0.3) is 16.9 Å². The number of nitrogens with zero attached hydrogens (tertiary/aromatic N) is 3. The smallest absolute Gasteiger partial charge is 0.224 e. The summed E-state index contributed by atoms with van der Waals surface area (Å²) in [7, 11) is 0. The number of benzene rings is 2. The first-order valence-electron chi connectivity index (χ1n) is 10.0. The van der Waals surface area contributed by atoms with Gasteiger partial charge in [0.1, 0.15) is 0 Å². The van der Waals surface area contributed by atoms with Crippen LogP contribution in [-0.2, 0) is 11.2 Å². The predicted molar refractivity (Wildman–Crippen MR) is 128 cm³/mol. The van der Waals surface area contributed by atoms with E-state index in [4.69, 9.17) is 21.7 Å². The van der Waals surface area contributed by atoms with Crippen molar-refractivity contribution in [2.24, 2.45) is 0 Å².